The summed E-state index contributed by atoms with van der Waals surface area (Å²) in [7, 11) is -3.47. The summed E-state index contributed by atoms with van der Waals surface area (Å²) in [5.74, 6) is 0. The van der Waals surface area contributed by atoms with Gasteiger partial charge in [-0.1, -0.05) is 0 Å². The predicted octanol–water partition coefficient (Wildman–Crippen LogP) is 1.84. The van der Waals surface area contributed by atoms with Crippen molar-refractivity contribution in [1.82, 2.24) is 0 Å². The molecule has 0 radical (unpaired) electrons. The number of hydrogen-bond acceptors (Lipinski definition) is 6. The van der Waals surface area contributed by atoms with E-state index >= 15 is 0 Å². The van der Waals surface area contributed by atoms with Crippen LogP contribution in [-0.4, -0.2) is 38.9 Å². The van der Waals surface area contributed by atoms with Crippen LogP contribution in [0, 0.1) is 10.1 Å². The molecule has 0 heterocycles. The molecule has 0 aliphatic heterocycles. The summed E-state index contributed by atoms with van der Waals surface area (Å²) >= 11 is 0. The highest BCUT2D eigenvalue weighted by Gasteiger charge is 2.18. The Morgan fingerprint density at radius 3 is 2.55 bits per heavy atom. The zero-order chi connectivity index (χ0) is 15.3. The van der Waals surface area contributed by atoms with Gasteiger partial charge in [0.15, 0.2) is 9.84 Å². The van der Waals surface area contributed by atoms with Crippen molar-refractivity contribution in [3.63, 3.8) is 0 Å². The van der Waals surface area contributed by atoms with Crippen LogP contribution >= 0.6 is 0 Å². The molecule has 1 rings (SSSR count). The average Bonchev–Trinajstić information content (AvgIpc) is 2.33. The first kappa shape index (κ1) is 16.4. The fraction of sp³-hybridized carbons (Fsp3) is 0.500. The van der Waals surface area contributed by atoms with Gasteiger partial charge in [-0.25, -0.2) is 8.42 Å². The normalized spacial score (nSPS) is 11.6. The van der Waals surface area contributed by atoms with E-state index in [1.54, 1.807) is 0 Å². The smallest absolute Gasteiger partial charge is 0.293 e. The van der Waals surface area contributed by atoms with Crippen LogP contribution in [0.25, 0.3) is 0 Å². The van der Waals surface area contributed by atoms with Gasteiger partial charge < -0.3 is 10.1 Å². The number of benzene rings is 1. The molecule has 20 heavy (non-hydrogen) atoms. The molecule has 0 fully saturated rings. The van der Waals surface area contributed by atoms with Crippen LogP contribution < -0.4 is 5.32 Å². The third-order valence-electron chi connectivity index (χ3n) is 2.46. The molecule has 1 N–H and O–H groups in total. The Balaban J connectivity index is 2.89. The highest BCUT2D eigenvalue weighted by atomic mass is 32.2. The van der Waals surface area contributed by atoms with Gasteiger partial charge in [-0.3, -0.25) is 10.1 Å². The van der Waals surface area contributed by atoms with Crippen molar-refractivity contribution in [1.29, 1.82) is 0 Å². The molecule has 1 aromatic carbocycles. The highest BCUT2D eigenvalue weighted by molar-refractivity contribution is 7.90. The second-order valence-corrected chi connectivity index (χ2v) is 6.57. The van der Waals surface area contributed by atoms with E-state index in [9.17, 15) is 18.5 Å². The Labute approximate surface area is 118 Å². The molecule has 1 aromatic rings. The van der Waals surface area contributed by atoms with Crippen molar-refractivity contribution in [2.24, 2.45) is 0 Å². The molecule has 0 atom stereocenters. The van der Waals surface area contributed by atoms with Crippen molar-refractivity contribution >= 4 is 21.2 Å². The molecule has 8 heteroatoms. The number of ether oxygens (including phenoxy) is 1. The van der Waals surface area contributed by atoms with E-state index < -0.39 is 14.8 Å². The maximum Gasteiger partial charge on any atom is 0.293 e. The quantitative estimate of drug-likeness (QED) is 0.469. The molecule has 0 aromatic heterocycles. The minimum atomic E-state index is -3.47. The molecule has 0 amide bonds. The number of rotatable bonds is 7. The third-order valence-corrected chi connectivity index (χ3v) is 3.57. The predicted molar refractivity (Wildman–Crippen MR) is 75.8 cm³/mol. The van der Waals surface area contributed by atoms with Gasteiger partial charge in [0.25, 0.3) is 5.69 Å². The molecule has 0 saturated carbocycles. The first-order valence-electron chi connectivity index (χ1n) is 6.06. The molecular formula is C12H18N2O5S. The lowest BCUT2D eigenvalue weighted by Gasteiger charge is -2.10. The maximum atomic E-state index is 11.4. The minimum Gasteiger partial charge on any atom is -0.377 e. The fourth-order valence-electron chi connectivity index (χ4n) is 1.52. The van der Waals surface area contributed by atoms with Crippen LogP contribution in [0.4, 0.5) is 11.4 Å². The van der Waals surface area contributed by atoms with Gasteiger partial charge in [-0.2, -0.15) is 0 Å². The van der Waals surface area contributed by atoms with E-state index in [-0.39, 0.29) is 22.4 Å². The summed E-state index contributed by atoms with van der Waals surface area (Å²) in [6, 6.07) is 3.79. The van der Waals surface area contributed by atoms with Crippen LogP contribution in [0.15, 0.2) is 23.1 Å². The Kier molecular flexibility index (Phi) is 5.46. The number of nitrogens with one attached hydrogen (secondary N) is 1. The van der Waals surface area contributed by atoms with Crippen molar-refractivity contribution < 1.29 is 18.1 Å². The highest BCUT2D eigenvalue weighted by Crippen LogP contribution is 2.27. The lowest BCUT2D eigenvalue weighted by Crippen LogP contribution is -2.14. The summed E-state index contributed by atoms with van der Waals surface area (Å²) in [5.41, 5.74) is 0.00669. The van der Waals surface area contributed by atoms with Gasteiger partial charge in [-0.05, 0) is 26.0 Å². The second-order valence-electron chi connectivity index (χ2n) is 4.55. The monoisotopic (exact) mass is 302 g/mol. The van der Waals surface area contributed by atoms with Crippen molar-refractivity contribution in [3.05, 3.63) is 28.3 Å². The zero-order valence-electron chi connectivity index (χ0n) is 11.6. The first-order chi connectivity index (χ1) is 9.21. The second kappa shape index (κ2) is 6.67. The minimum absolute atomic E-state index is 0.0758. The van der Waals surface area contributed by atoms with Gasteiger partial charge in [0.2, 0.25) is 0 Å². The summed E-state index contributed by atoms with van der Waals surface area (Å²) in [6.45, 7) is 4.59. The SMILES string of the molecule is CC(C)OCCNc1ccc(S(C)(=O)=O)cc1[N+](=O)[O-]. The summed E-state index contributed by atoms with van der Waals surface area (Å²) in [4.78, 5) is 10.3. The van der Waals surface area contributed by atoms with Gasteiger partial charge >= 0.3 is 0 Å². The number of nitro benzene ring substituents is 1. The Hall–Kier alpha value is -1.67. The van der Waals surface area contributed by atoms with E-state index in [2.05, 4.69) is 5.32 Å². The molecule has 0 aliphatic rings. The molecule has 0 saturated heterocycles. The summed E-state index contributed by atoms with van der Waals surface area (Å²) in [5, 5.41) is 13.8. The summed E-state index contributed by atoms with van der Waals surface area (Å²) < 4.78 is 28.1. The van der Waals surface area contributed by atoms with Gasteiger partial charge in [0.1, 0.15) is 5.69 Å². The Morgan fingerprint density at radius 1 is 1.40 bits per heavy atom. The number of anilines is 1. The largest absolute Gasteiger partial charge is 0.377 e. The van der Waals surface area contributed by atoms with Gasteiger partial charge in [0, 0.05) is 18.9 Å². The number of sulfone groups is 1. The van der Waals surface area contributed by atoms with Crippen LogP contribution in [0.3, 0.4) is 0 Å². The third kappa shape index (κ3) is 4.78. The van der Waals surface area contributed by atoms with Gasteiger partial charge in [0.05, 0.1) is 22.5 Å². The standard InChI is InChI=1S/C12H18N2O5S/c1-9(2)19-7-6-13-11-5-4-10(20(3,17)18)8-12(11)14(15)16/h4-5,8-9,13H,6-7H2,1-3H3. The molecular weight excluding hydrogens is 284 g/mol. The van der Waals surface area contributed by atoms with E-state index in [0.717, 1.165) is 12.3 Å². The Morgan fingerprint density at radius 2 is 2.05 bits per heavy atom. The van der Waals surface area contributed by atoms with Crippen molar-refractivity contribution in [2.45, 2.75) is 24.8 Å². The van der Waals surface area contributed by atoms with Gasteiger partial charge in [-0.15, -0.1) is 0 Å². The molecule has 0 aliphatic carbocycles. The molecule has 0 spiro atoms. The van der Waals surface area contributed by atoms with Crippen LogP contribution in [-0.2, 0) is 14.6 Å². The fourth-order valence-corrected chi connectivity index (χ4v) is 2.16. The number of nitro groups is 1. The zero-order valence-corrected chi connectivity index (χ0v) is 12.4. The van der Waals surface area contributed by atoms with E-state index in [0.29, 0.717) is 13.2 Å². The lowest BCUT2D eigenvalue weighted by atomic mass is 10.2. The topological polar surface area (TPSA) is 98.5 Å². The van der Waals surface area contributed by atoms with E-state index in [1.807, 2.05) is 13.8 Å². The number of nitrogens with zero attached hydrogens (tertiary/aromatic N) is 1. The Bertz CT molecular complexity index is 584. The average molecular weight is 302 g/mol. The molecule has 0 bridgehead atoms. The lowest BCUT2D eigenvalue weighted by molar-refractivity contribution is -0.384. The van der Waals surface area contributed by atoms with Crippen LogP contribution in [0.5, 0.6) is 0 Å². The molecule has 0 unspecified atom stereocenters. The van der Waals surface area contributed by atoms with E-state index in [4.69, 9.17) is 4.74 Å². The maximum absolute atomic E-state index is 11.4. The van der Waals surface area contributed by atoms with Crippen LogP contribution in [0.2, 0.25) is 0 Å². The van der Waals surface area contributed by atoms with Crippen molar-refractivity contribution in [2.75, 3.05) is 24.7 Å². The summed E-state index contributed by atoms with van der Waals surface area (Å²) in [6.07, 6.45) is 1.09. The number of hydrogen-bond donors (Lipinski definition) is 1. The molecule has 112 valence electrons. The van der Waals surface area contributed by atoms with Crippen LogP contribution in [0.1, 0.15) is 13.8 Å². The first-order valence-corrected chi connectivity index (χ1v) is 7.95. The molecule has 7 nitrogen and oxygen atoms in total. The van der Waals surface area contributed by atoms with E-state index in [1.165, 1.54) is 12.1 Å². The van der Waals surface area contributed by atoms with Crippen molar-refractivity contribution in [3.8, 4) is 0 Å².